The van der Waals surface area contributed by atoms with Gasteiger partial charge in [-0.1, -0.05) is 31.0 Å². The molecule has 0 aliphatic carbocycles. The van der Waals surface area contributed by atoms with Crippen LogP contribution in [0.4, 0.5) is 5.69 Å². The summed E-state index contributed by atoms with van der Waals surface area (Å²) in [6.45, 7) is 3.56. The molecule has 0 aromatic heterocycles. The van der Waals surface area contributed by atoms with Gasteiger partial charge in [-0.3, -0.25) is 0 Å². The zero-order chi connectivity index (χ0) is 10.4. The van der Waals surface area contributed by atoms with Crippen LogP contribution in [0.2, 0.25) is 5.02 Å². The van der Waals surface area contributed by atoms with Crippen molar-refractivity contribution in [2.24, 2.45) is 0 Å². The fourth-order valence-corrected chi connectivity index (χ4v) is 1.24. The van der Waals surface area contributed by atoms with Crippen molar-refractivity contribution in [2.45, 2.75) is 26.4 Å². The molecule has 78 valence electrons. The van der Waals surface area contributed by atoms with E-state index < -0.39 is 0 Å². The zero-order valence-corrected chi connectivity index (χ0v) is 9.18. The monoisotopic (exact) mass is 213 g/mol. The fourth-order valence-electron chi connectivity index (χ4n) is 1.12. The summed E-state index contributed by atoms with van der Waals surface area (Å²) in [7, 11) is 0. The summed E-state index contributed by atoms with van der Waals surface area (Å²) in [5.41, 5.74) is 7.35. The van der Waals surface area contributed by atoms with E-state index in [1.807, 2.05) is 12.1 Å². The maximum absolute atomic E-state index is 5.80. The Labute approximate surface area is 90.0 Å². The molecule has 0 radical (unpaired) electrons. The van der Waals surface area contributed by atoms with Gasteiger partial charge in [0.25, 0.3) is 0 Å². The van der Waals surface area contributed by atoms with Crippen molar-refractivity contribution in [2.75, 3.05) is 12.3 Å². The van der Waals surface area contributed by atoms with Gasteiger partial charge in [-0.2, -0.15) is 0 Å². The molecule has 0 heterocycles. The first-order chi connectivity index (χ1) is 6.74. The summed E-state index contributed by atoms with van der Waals surface area (Å²) in [5, 5.41) is 0.599. The molecule has 1 rings (SSSR count). The molecule has 0 fully saturated rings. The maximum Gasteiger partial charge on any atom is 0.0717 e. The Balaban J connectivity index is 2.39. The van der Waals surface area contributed by atoms with Crippen LogP contribution in [0.5, 0.6) is 0 Å². The number of ether oxygens (including phenoxy) is 1. The van der Waals surface area contributed by atoms with Gasteiger partial charge < -0.3 is 10.5 Å². The smallest absolute Gasteiger partial charge is 0.0717 e. The SMILES string of the molecule is CCCCOCc1ccc(Cl)c(N)c1. The zero-order valence-electron chi connectivity index (χ0n) is 8.42. The number of rotatable bonds is 5. The minimum Gasteiger partial charge on any atom is -0.398 e. The van der Waals surface area contributed by atoms with Gasteiger partial charge >= 0.3 is 0 Å². The fraction of sp³-hybridized carbons (Fsp3) is 0.455. The molecule has 0 aliphatic heterocycles. The Kier molecular flexibility index (Phi) is 4.77. The Morgan fingerprint density at radius 2 is 2.21 bits per heavy atom. The number of nitrogens with two attached hydrogens (primary N) is 1. The topological polar surface area (TPSA) is 35.2 Å². The van der Waals surface area contributed by atoms with Gasteiger partial charge in [0.2, 0.25) is 0 Å². The normalized spacial score (nSPS) is 10.4. The number of unbranched alkanes of at least 4 members (excludes halogenated alkanes) is 1. The standard InChI is InChI=1S/C11H16ClNO/c1-2-3-6-14-8-9-4-5-10(12)11(13)7-9/h4-5,7H,2-3,6,8,13H2,1H3. The molecule has 0 saturated heterocycles. The number of benzene rings is 1. The quantitative estimate of drug-likeness (QED) is 0.602. The summed E-state index contributed by atoms with van der Waals surface area (Å²) >= 11 is 5.80. The van der Waals surface area contributed by atoms with E-state index in [1.54, 1.807) is 6.07 Å². The van der Waals surface area contributed by atoms with E-state index in [9.17, 15) is 0 Å². The molecule has 0 spiro atoms. The summed E-state index contributed by atoms with van der Waals surface area (Å²) < 4.78 is 5.46. The van der Waals surface area contributed by atoms with Gasteiger partial charge in [-0.15, -0.1) is 0 Å². The molecule has 0 aliphatic rings. The number of hydrogen-bond acceptors (Lipinski definition) is 2. The van der Waals surface area contributed by atoms with Crippen molar-refractivity contribution in [3.63, 3.8) is 0 Å². The highest BCUT2D eigenvalue weighted by Crippen LogP contribution is 2.19. The maximum atomic E-state index is 5.80. The van der Waals surface area contributed by atoms with E-state index in [0.29, 0.717) is 17.3 Å². The largest absolute Gasteiger partial charge is 0.398 e. The Hall–Kier alpha value is -0.730. The lowest BCUT2D eigenvalue weighted by molar-refractivity contribution is 0.118. The van der Waals surface area contributed by atoms with Crippen LogP contribution >= 0.6 is 11.6 Å². The third-order valence-corrected chi connectivity index (χ3v) is 2.32. The summed E-state index contributed by atoms with van der Waals surface area (Å²) in [5.74, 6) is 0. The summed E-state index contributed by atoms with van der Waals surface area (Å²) in [6, 6.07) is 5.59. The number of nitrogen functional groups attached to an aromatic ring is 1. The van der Waals surface area contributed by atoms with Crippen molar-refractivity contribution in [1.82, 2.24) is 0 Å². The van der Waals surface area contributed by atoms with E-state index in [0.717, 1.165) is 25.0 Å². The average Bonchev–Trinajstić information content (AvgIpc) is 2.18. The van der Waals surface area contributed by atoms with Crippen molar-refractivity contribution in [1.29, 1.82) is 0 Å². The van der Waals surface area contributed by atoms with E-state index >= 15 is 0 Å². The predicted molar refractivity (Wildman–Crippen MR) is 60.4 cm³/mol. The third-order valence-electron chi connectivity index (χ3n) is 1.97. The Bertz CT molecular complexity index is 289. The second kappa shape index (κ2) is 5.89. The van der Waals surface area contributed by atoms with Crippen LogP contribution in [0.3, 0.4) is 0 Å². The molecule has 0 unspecified atom stereocenters. The molecule has 14 heavy (non-hydrogen) atoms. The number of hydrogen-bond donors (Lipinski definition) is 1. The lowest BCUT2D eigenvalue weighted by Crippen LogP contribution is -1.96. The average molecular weight is 214 g/mol. The summed E-state index contributed by atoms with van der Waals surface area (Å²) in [4.78, 5) is 0. The van der Waals surface area contributed by atoms with E-state index in [4.69, 9.17) is 22.1 Å². The molecule has 0 atom stereocenters. The van der Waals surface area contributed by atoms with Gasteiger partial charge in [-0.05, 0) is 24.1 Å². The van der Waals surface area contributed by atoms with Crippen LogP contribution in [0.25, 0.3) is 0 Å². The van der Waals surface area contributed by atoms with Crippen LogP contribution in [0.1, 0.15) is 25.3 Å². The van der Waals surface area contributed by atoms with Gasteiger partial charge in [0.05, 0.1) is 17.3 Å². The van der Waals surface area contributed by atoms with Crippen LogP contribution in [-0.2, 0) is 11.3 Å². The van der Waals surface area contributed by atoms with Crippen LogP contribution in [0.15, 0.2) is 18.2 Å². The van der Waals surface area contributed by atoms with Gasteiger partial charge in [-0.25, -0.2) is 0 Å². The van der Waals surface area contributed by atoms with Crippen LogP contribution < -0.4 is 5.73 Å². The predicted octanol–water partition coefficient (Wildman–Crippen LogP) is 3.24. The Morgan fingerprint density at radius 3 is 2.86 bits per heavy atom. The molecule has 2 nitrogen and oxygen atoms in total. The van der Waals surface area contributed by atoms with Crippen molar-refractivity contribution in [3.8, 4) is 0 Å². The first-order valence-corrected chi connectivity index (χ1v) is 5.23. The third kappa shape index (κ3) is 3.56. The minimum atomic E-state index is 0.599. The molecule has 0 bridgehead atoms. The highest BCUT2D eigenvalue weighted by atomic mass is 35.5. The van der Waals surface area contributed by atoms with Crippen molar-refractivity contribution >= 4 is 17.3 Å². The van der Waals surface area contributed by atoms with E-state index in [1.165, 1.54) is 0 Å². The van der Waals surface area contributed by atoms with Crippen LogP contribution in [-0.4, -0.2) is 6.61 Å². The van der Waals surface area contributed by atoms with E-state index in [2.05, 4.69) is 6.92 Å². The van der Waals surface area contributed by atoms with Gasteiger partial charge in [0.15, 0.2) is 0 Å². The Morgan fingerprint density at radius 1 is 1.43 bits per heavy atom. The van der Waals surface area contributed by atoms with Crippen molar-refractivity contribution < 1.29 is 4.74 Å². The van der Waals surface area contributed by atoms with E-state index in [-0.39, 0.29) is 0 Å². The first-order valence-electron chi connectivity index (χ1n) is 4.85. The highest BCUT2D eigenvalue weighted by molar-refractivity contribution is 6.33. The molecule has 1 aromatic rings. The van der Waals surface area contributed by atoms with Crippen LogP contribution in [0, 0.1) is 0 Å². The lowest BCUT2D eigenvalue weighted by atomic mass is 10.2. The second-order valence-corrected chi connectivity index (χ2v) is 3.67. The minimum absolute atomic E-state index is 0.599. The molecule has 0 saturated carbocycles. The molecular formula is C11H16ClNO. The molecule has 0 amide bonds. The molecular weight excluding hydrogens is 198 g/mol. The van der Waals surface area contributed by atoms with Crippen molar-refractivity contribution in [3.05, 3.63) is 28.8 Å². The molecule has 2 N–H and O–H groups in total. The highest BCUT2D eigenvalue weighted by Gasteiger charge is 1.98. The molecule has 3 heteroatoms. The molecule has 1 aromatic carbocycles. The second-order valence-electron chi connectivity index (χ2n) is 3.26. The van der Waals surface area contributed by atoms with Gasteiger partial charge in [0, 0.05) is 6.61 Å². The number of anilines is 1. The van der Waals surface area contributed by atoms with Gasteiger partial charge in [0.1, 0.15) is 0 Å². The lowest BCUT2D eigenvalue weighted by Gasteiger charge is -2.05. The summed E-state index contributed by atoms with van der Waals surface area (Å²) in [6.07, 6.45) is 2.26. The first kappa shape index (κ1) is 11.3. The number of halogens is 1.